The number of fused-ring (bicyclic) bond motifs is 1. The number of rotatable bonds is 0. The molecule has 0 aliphatic carbocycles. The van der Waals surface area contributed by atoms with Crippen LogP contribution in [0.4, 0.5) is 0 Å². The fourth-order valence-electron chi connectivity index (χ4n) is 1.07. The fraction of sp³-hybridized carbons (Fsp3) is 0.300. The minimum Gasteiger partial charge on any atom is -0.345 e. The summed E-state index contributed by atoms with van der Waals surface area (Å²) in [4.78, 5) is 7.08. The van der Waals surface area contributed by atoms with Gasteiger partial charge < -0.3 is 4.98 Å². The number of aromatic amines is 1. The van der Waals surface area contributed by atoms with Gasteiger partial charge >= 0.3 is 0 Å². The third kappa shape index (κ3) is 1.83. The van der Waals surface area contributed by atoms with Gasteiger partial charge in [-0.25, -0.2) is 4.98 Å². The number of aryl methyl sites for hydroxylation is 1. The molecule has 2 aromatic rings. The highest BCUT2D eigenvalue weighted by Crippen LogP contribution is 2.23. The number of H-pyrrole nitrogens is 1. The molecular formula is C10H13ClN2. The van der Waals surface area contributed by atoms with Gasteiger partial charge in [-0.15, -0.1) is 0 Å². The van der Waals surface area contributed by atoms with Crippen molar-refractivity contribution in [3.8, 4) is 0 Å². The number of imidazole rings is 1. The molecule has 0 amide bonds. The first-order valence-corrected chi connectivity index (χ1v) is 4.75. The van der Waals surface area contributed by atoms with Gasteiger partial charge in [-0.05, 0) is 18.6 Å². The van der Waals surface area contributed by atoms with Crippen molar-refractivity contribution in [3.63, 3.8) is 0 Å². The normalized spacial score (nSPS) is 9.54. The van der Waals surface area contributed by atoms with Crippen LogP contribution in [0.2, 0.25) is 5.02 Å². The summed E-state index contributed by atoms with van der Waals surface area (Å²) in [5.74, 6) is 0. The largest absolute Gasteiger partial charge is 0.345 e. The average molecular weight is 197 g/mol. The number of halogens is 1. The molecule has 0 aliphatic heterocycles. The van der Waals surface area contributed by atoms with Crippen LogP contribution in [0.15, 0.2) is 18.5 Å². The maximum atomic E-state index is 5.98. The molecule has 0 aliphatic rings. The van der Waals surface area contributed by atoms with E-state index in [-0.39, 0.29) is 0 Å². The van der Waals surface area contributed by atoms with Crippen molar-refractivity contribution in [2.45, 2.75) is 20.8 Å². The van der Waals surface area contributed by atoms with E-state index in [1.54, 1.807) is 6.33 Å². The van der Waals surface area contributed by atoms with E-state index < -0.39 is 0 Å². The Bertz CT molecular complexity index is 393. The lowest BCUT2D eigenvalue weighted by Gasteiger charge is -1.95. The number of benzene rings is 1. The maximum Gasteiger partial charge on any atom is 0.107 e. The quantitative estimate of drug-likeness (QED) is 0.686. The Hall–Kier alpha value is -1.02. The molecule has 2 nitrogen and oxygen atoms in total. The van der Waals surface area contributed by atoms with Crippen LogP contribution >= 0.6 is 11.6 Å². The van der Waals surface area contributed by atoms with Crippen LogP contribution < -0.4 is 0 Å². The molecular weight excluding hydrogens is 184 g/mol. The van der Waals surface area contributed by atoms with Gasteiger partial charge in [-0.3, -0.25) is 0 Å². The van der Waals surface area contributed by atoms with Crippen molar-refractivity contribution in [3.05, 3.63) is 29.0 Å². The van der Waals surface area contributed by atoms with Crippen LogP contribution in [0, 0.1) is 6.92 Å². The standard InChI is InChI=1S/C8H7ClN2.C2H6/c1-5-2-3-6-8(7(5)9)11-4-10-6;1-2/h2-4H,1H3,(H,10,11);1-2H3. The van der Waals surface area contributed by atoms with Crippen molar-refractivity contribution in [1.82, 2.24) is 9.97 Å². The molecule has 0 spiro atoms. The molecule has 70 valence electrons. The van der Waals surface area contributed by atoms with E-state index in [0.29, 0.717) is 0 Å². The molecule has 2 rings (SSSR count). The second-order valence-corrected chi connectivity index (χ2v) is 2.87. The van der Waals surface area contributed by atoms with Gasteiger partial charge in [-0.2, -0.15) is 0 Å². The minimum atomic E-state index is 0.740. The lowest BCUT2D eigenvalue weighted by atomic mass is 10.2. The van der Waals surface area contributed by atoms with E-state index >= 15 is 0 Å². The number of hydrogen-bond acceptors (Lipinski definition) is 1. The topological polar surface area (TPSA) is 28.7 Å². The summed E-state index contributed by atoms with van der Waals surface area (Å²) in [6.45, 7) is 5.97. The van der Waals surface area contributed by atoms with E-state index in [2.05, 4.69) is 9.97 Å². The summed E-state index contributed by atoms with van der Waals surface area (Å²) in [6.07, 6.45) is 1.65. The minimum absolute atomic E-state index is 0.740. The van der Waals surface area contributed by atoms with E-state index in [0.717, 1.165) is 21.6 Å². The molecule has 1 aromatic heterocycles. The van der Waals surface area contributed by atoms with Crippen molar-refractivity contribution < 1.29 is 0 Å². The van der Waals surface area contributed by atoms with Crippen LogP contribution in [0.25, 0.3) is 11.0 Å². The average Bonchev–Trinajstić information content (AvgIpc) is 2.63. The second kappa shape index (κ2) is 4.28. The van der Waals surface area contributed by atoms with Crippen molar-refractivity contribution in [2.75, 3.05) is 0 Å². The lowest BCUT2D eigenvalue weighted by molar-refractivity contribution is 1.34. The highest BCUT2D eigenvalue weighted by Gasteiger charge is 2.02. The van der Waals surface area contributed by atoms with E-state index in [9.17, 15) is 0 Å². The number of hydrogen-bond donors (Lipinski definition) is 1. The molecule has 0 bridgehead atoms. The predicted molar refractivity (Wildman–Crippen MR) is 57.2 cm³/mol. The second-order valence-electron chi connectivity index (χ2n) is 2.50. The third-order valence-corrected chi connectivity index (χ3v) is 2.20. The molecule has 1 heterocycles. The SMILES string of the molecule is CC.Cc1ccc2[nH]cnc2c1Cl. The van der Waals surface area contributed by atoms with Crippen LogP contribution in [0.5, 0.6) is 0 Å². The first kappa shape index (κ1) is 10.1. The molecule has 0 saturated heterocycles. The van der Waals surface area contributed by atoms with Crippen molar-refractivity contribution in [1.29, 1.82) is 0 Å². The van der Waals surface area contributed by atoms with Gasteiger partial charge in [0.05, 0.1) is 16.9 Å². The maximum absolute atomic E-state index is 5.98. The van der Waals surface area contributed by atoms with E-state index in [1.807, 2.05) is 32.9 Å². The summed E-state index contributed by atoms with van der Waals surface area (Å²) in [5.41, 5.74) is 2.90. The zero-order valence-corrected chi connectivity index (χ0v) is 8.81. The lowest BCUT2D eigenvalue weighted by Crippen LogP contribution is -1.76. The van der Waals surface area contributed by atoms with Gasteiger partial charge in [0.2, 0.25) is 0 Å². The summed E-state index contributed by atoms with van der Waals surface area (Å²) in [5, 5.41) is 0.740. The smallest absolute Gasteiger partial charge is 0.107 e. The zero-order chi connectivity index (χ0) is 9.84. The number of aromatic nitrogens is 2. The molecule has 0 fully saturated rings. The molecule has 0 radical (unpaired) electrons. The Labute approximate surface area is 82.9 Å². The number of nitrogens with one attached hydrogen (secondary N) is 1. The highest BCUT2D eigenvalue weighted by molar-refractivity contribution is 6.35. The van der Waals surface area contributed by atoms with Crippen molar-refractivity contribution >= 4 is 22.6 Å². The van der Waals surface area contributed by atoms with Crippen molar-refractivity contribution in [2.24, 2.45) is 0 Å². The first-order valence-electron chi connectivity index (χ1n) is 4.37. The van der Waals surface area contributed by atoms with Crippen LogP contribution in [-0.4, -0.2) is 9.97 Å². The Morgan fingerprint density at radius 3 is 2.69 bits per heavy atom. The Kier molecular flexibility index (Phi) is 3.32. The zero-order valence-electron chi connectivity index (χ0n) is 8.06. The Morgan fingerprint density at radius 1 is 1.31 bits per heavy atom. The molecule has 1 aromatic carbocycles. The number of nitrogens with zero attached hydrogens (tertiary/aromatic N) is 1. The Morgan fingerprint density at radius 2 is 2.00 bits per heavy atom. The van der Waals surface area contributed by atoms with Gasteiger partial charge in [0.15, 0.2) is 0 Å². The van der Waals surface area contributed by atoms with Crippen LogP contribution in [0.1, 0.15) is 19.4 Å². The highest BCUT2D eigenvalue weighted by atomic mass is 35.5. The van der Waals surface area contributed by atoms with Crippen LogP contribution in [0.3, 0.4) is 0 Å². The third-order valence-electron chi connectivity index (χ3n) is 1.72. The molecule has 0 atom stereocenters. The van der Waals surface area contributed by atoms with Gasteiger partial charge in [-0.1, -0.05) is 31.5 Å². The summed E-state index contributed by atoms with van der Waals surface area (Å²) in [7, 11) is 0. The Balaban J connectivity index is 0.000000396. The van der Waals surface area contributed by atoms with Gasteiger partial charge in [0, 0.05) is 0 Å². The van der Waals surface area contributed by atoms with E-state index in [1.165, 1.54) is 0 Å². The molecule has 13 heavy (non-hydrogen) atoms. The molecule has 3 heteroatoms. The fourth-order valence-corrected chi connectivity index (χ4v) is 1.29. The summed E-state index contributed by atoms with van der Waals surface area (Å²) < 4.78 is 0. The van der Waals surface area contributed by atoms with Gasteiger partial charge in [0.1, 0.15) is 5.52 Å². The van der Waals surface area contributed by atoms with Crippen LogP contribution in [-0.2, 0) is 0 Å². The molecule has 1 N–H and O–H groups in total. The monoisotopic (exact) mass is 196 g/mol. The predicted octanol–water partition coefficient (Wildman–Crippen LogP) is 3.55. The summed E-state index contributed by atoms with van der Waals surface area (Å²) in [6, 6.07) is 3.95. The summed E-state index contributed by atoms with van der Waals surface area (Å²) >= 11 is 5.98. The first-order chi connectivity index (χ1) is 6.29. The molecule has 0 unspecified atom stereocenters. The van der Waals surface area contributed by atoms with Gasteiger partial charge in [0.25, 0.3) is 0 Å². The van der Waals surface area contributed by atoms with E-state index in [4.69, 9.17) is 11.6 Å². The molecule has 0 saturated carbocycles.